The molecule has 2 heteroatoms. The van der Waals surface area contributed by atoms with Crippen molar-refractivity contribution in [3.8, 4) is 0 Å². The van der Waals surface area contributed by atoms with Crippen molar-refractivity contribution in [1.82, 2.24) is 0 Å². The lowest BCUT2D eigenvalue weighted by atomic mass is 9.42. The van der Waals surface area contributed by atoms with Crippen LogP contribution < -0.4 is 0 Å². The molecule has 4 bridgehead atoms. The number of carbonyl (C=O) groups is 1. The van der Waals surface area contributed by atoms with Gasteiger partial charge < -0.3 is 5.11 Å². The number of hydrogen-bond donors (Lipinski definition) is 1. The van der Waals surface area contributed by atoms with E-state index in [1.165, 1.54) is 0 Å². The maximum Gasteiger partial charge on any atom is 0.167 e. The van der Waals surface area contributed by atoms with Crippen LogP contribution in [0.25, 0.3) is 0 Å². The van der Waals surface area contributed by atoms with Gasteiger partial charge in [0.15, 0.2) is 5.78 Å². The van der Waals surface area contributed by atoms with Crippen LogP contribution in [0.15, 0.2) is 0 Å². The number of hydrogen-bond acceptors (Lipinski definition) is 2. The van der Waals surface area contributed by atoms with Crippen molar-refractivity contribution in [2.75, 3.05) is 0 Å². The fraction of sp³-hybridized carbons (Fsp3) is 0.923. The first kappa shape index (κ1) is 9.83. The van der Waals surface area contributed by atoms with Gasteiger partial charge in [0.05, 0.1) is 0 Å². The molecule has 84 valence electrons. The molecule has 4 fully saturated rings. The first-order valence-corrected chi connectivity index (χ1v) is 6.26. The lowest BCUT2D eigenvalue weighted by Crippen LogP contribution is -2.68. The van der Waals surface area contributed by atoms with Crippen molar-refractivity contribution in [3.63, 3.8) is 0 Å². The third kappa shape index (κ3) is 0.926. The minimum Gasteiger partial charge on any atom is -0.381 e. The van der Waals surface area contributed by atoms with Crippen molar-refractivity contribution in [2.24, 2.45) is 23.2 Å². The van der Waals surface area contributed by atoms with Crippen LogP contribution in [-0.4, -0.2) is 16.5 Å². The largest absolute Gasteiger partial charge is 0.381 e. The molecule has 0 radical (unpaired) electrons. The third-order valence-electron chi connectivity index (χ3n) is 5.74. The van der Waals surface area contributed by atoms with E-state index in [0.29, 0.717) is 18.3 Å². The van der Waals surface area contributed by atoms with Gasteiger partial charge in [-0.15, -0.1) is 0 Å². The summed E-state index contributed by atoms with van der Waals surface area (Å²) < 4.78 is 0. The van der Waals surface area contributed by atoms with E-state index in [2.05, 4.69) is 13.8 Å². The SMILES string of the molecule is C[C@H]1CC[C@]2(O)C(=O)[C@H]3CC[C@@]2(C)[C@H]1C3. The van der Waals surface area contributed by atoms with Gasteiger partial charge in [-0.3, -0.25) is 4.79 Å². The van der Waals surface area contributed by atoms with Crippen molar-refractivity contribution >= 4 is 5.78 Å². The molecular weight excluding hydrogens is 188 g/mol. The molecule has 0 aliphatic heterocycles. The van der Waals surface area contributed by atoms with Gasteiger partial charge in [0.25, 0.3) is 0 Å². The van der Waals surface area contributed by atoms with Crippen LogP contribution in [0, 0.1) is 23.2 Å². The topological polar surface area (TPSA) is 37.3 Å². The molecule has 0 aromatic rings. The van der Waals surface area contributed by atoms with Crippen molar-refractivity contribution in [1.29, 1.82) is 0 Å². The number of rotatable bonds is 0. The average Bonchev–Trinajstić information content (AvgIpc) is 2.21. The van der Waals surface area contributed by atoms with E-state index in [1.807, 2.05) is 0 Å². The minimum atomic E-state index is -0.967. The summed E-state index contributed by atoms with van der Waals surface area (Å²) in [7, 11) is 0. The van der Waals surface area contributed by atoms with E-state index >= 15 is 0 Å². The Morgan fingerprint density at radius 1 is 1.33 bits per heavy atom. The van der Waals surface area contributed by atoms with E-state index < -0.39 is 5.60 Å². The van der Waals surface area contributed by atoms with Gasteiger partial charge in [0.2, 0.25) is 0 Å². The first-order valence-electron chi connectivity index (χ1n) is 6.26. The molecule has 1 N–H and O–H groups in total. The lowest BCUT2D eigenvalue weighted by molar-refractivity contribution is -0.214. The zero-order chi connectivity index (χ0) is 10.8. The quantitative estimate of drug-likeness (QED) is 0.662. The summed E-state index contributed by atoms with van der Waals surface area (Å²) >= 11 is 0. The Labute approximate surface area is 91.1 Å². The van der Waals surface area contributed by atoms with Gasteiger partial charge >= 0.3 is 0 Å². The Bertz CT molecular complexity index is 324. The van der Waals surface area contributed by atoms with Crippen LogP contribution in [0.1, 0.15) is 46.0 Å². The van der Waals surface area contributed by atoms with Gasteiger partial charge in [-0.05, 0) is 43.9 Å². The molecule has 4 saturated carbocycles. The van der Waals surface area contributed by atoms with E-state index in [0.717, 1.165) is 25.7 Å². The van der Waals surface area contributed by atoms with Crippen LogP contribution in [0.2, 0.25) is 0 Å². The Hall–Kier alpha value is -0.370. The summed E-state index contributed by atoms with van der Waals surface area (Å²) in [5.41, 5.74) is -1.08. The molecule has 0 amide bonds. The Balaban J connectivity index is 2.11. The normalized spacial score (nSPS) is 58.3. The van der Waals surface area contributed by atoms with Crippen molar-refractivity contribution in [3.05, 3.63) is 0 Å². The number of fused-ring (bicyclic) bond motifs is 1. The highest BCUT2D eigenvalue weighted by Crippen LogP contribution is 2.63. The predicted octanol–water partition coefficient (Wildman–Crippen LogP) is 2.15. The molecule has 15 heavy (non-hydrogen) atoms. The smallest absolute Gasteiger partial charge is 0.167 e. The minimum absolute atomic E-state index is 0.115. The van der Waals surface area contributed by atoms with E-state index in [1.54, 1.807) is 0 Å². The van der Waals surface area contributed by atoms with Gasteiger partial charge in [-0.25, -0.2) is 0 Å². The fourth-order valence-corrected chi connectivity index (χ4v) is 4.62. The van der Waals surface area contributed by atoms with Gasteiger partial charge in [-0.1, -0.05) is 13.8 Å². The number of Topliss-reactive ketones (excluding diaryl/α,β-unsaturated/α-hetero) is 1. The molecule has 0 aromatic heterocycles. The molecule has 0 saturated heterocycles. The van der Waals surface area contributed by atoms with Crippen LogP contribution >= 0.6 is 0 Å². The summed E-state index contributed by atoms with van der Waals surface area (Å²) in [5, 5.41) is 10.7. The maximum absolute atomic E-state index is 12.2. The van der Waals surface area contributed by atoms with Crippen LogP contribution in [0.3, 0.4) is 0 Å². The van der Waals surface area contributed by atoms with E-state index in [4.69, 9.17) is 0 Å². The third-order valence-corrected chi connectivity index (χ3v) is 5.74. The van der Waals surface area contributed by atoms with Crippen LogP contribution in [-0.2, 0) is 4.79 Å². The van der Waals surface area contributed by atoms with Crippen molar-refractivity contribution in [2.45, 2.75) is 51.6 Å². The lowest BCUT2D eigenvalue weighted by Gasteiger charge is -2.63. The molecule has 4 rings (SSSR count). The summed E-state index contributed by atoms with van der Waals surface area (Å²) in [4.78, 5) is 12.2. The zero-order valence-electron chi connectivity index (χ0n) is 9.62. The predicted molar refractivity (Wildman–Crippen MR) is 57.3 cm³/mol. The van der Waals surface area contributed by atoms with Gasteiger partial charge in [0, 0.05) is 11.3 Å². The highest BCUT2D eigenvalue weighted by Gasteiger charge is 2.66. The second-order valence-corrected chi connectivity index (χ2v) is 6.24. The second kappa shape index (κ2) is 2.65. The zero-order valence-corrected chi connectivity index (χ0v) is 9.62. The maximum atomic E-state index is 12.2. The molecular formula is C13H20O2. The Kier molecular flexibility index (Phi) is 1.74. The molecule has 2 nitrogen and oxygen atoms in total. The van der Waals surface area contributed by atoms with Gasteiger partial charge in [0.1, 0.15) is 5.60 Å². The second-order valence-electron chi connectivity index (χ2n) is 6.24. The van der Waals surface area contributed by atoms with E-state index in [9.17, 15) is 9.90 Å². The molecule has 4 aliphatic carbocycles. The molecule has 0 spiro atoms. The van der Waals surface area contributed by atoms with Crippen LogP contribution in [0.4, 0.5) is 0 Å². The van der Waals surface area contributed by atoms with Gasteiger partial charge in [-0.2, -0.15) is 0 Å². The molecule has 0 aromatic carbocycles. The summed E-state index contributed by atoms with van der Waals surface area (Å²) in [5.74, 6) is 1.60. The molecule has 5 atom stereocenters. The number of carbonyl (C=O) groups excluding carboxylic acids is 1. The Morgan fingerprint density at radius 2 is 2.07 bits per heavy atom. The Morgan fingerprint density at radius 3 is 2.80 bits per heavy atom. The molecule has 4 aliphatic rings. The van der Waals surface area contributed by atoms with E-state index in [-0.39, 0.29) is 17.1 Å². The fourth-order valence-electron chi connectivity index (χ4n) is 4.62. The molecule has 0 heterocycles. The summed E-state index contributed by atoms with van der Waals surface area (Å²) in [6.45, 7) is 4.45. The standard InChI is InChI=1S/C13H20O2/c1-8-3-6-13(15)11(14)9-4-5-12(13,2)10(8)7-9/h8-10,15H,3-7H2,1-2H3/t8-,9-,10-,12-,13-/m0/s1. The van der Waals surface area contributed by atoms with Crippen LogP contribution in [0.5, 0.6) is 0 Å². The molecule has 0 unspecified atom stereocenters. The number of ketones is 1. The highest BCUT2D eigenvalue weighted by molar-refractivity contribution is 5.92. The average molecular weight is 208 g/mol. The first-order chi connectivity index (χ1) is 6.99. The summed E-state index contributed by atoms with van der Waals surface area (Å²) in [6.07, 6.45) is 4.83. The monoisotopic (exact) mass is 208 g/mol. The van der Waals surface area contributed by atoms with Crippen molar-refractivity contribution < 1.29 is 9.90 Å². The highest BCUT2D eigenvalue weighted by atomic mass is 16.3. The number of aliphatic hydroxyl groups is 1. The summed E-state index contributed by atoms with van der Waals surface area (Å²) in [6, 6.07) is 0.